The first-order chi connectivity index (χ1) is 14.1. The SMILES string of the molecule is C[Si](C)(C)N([C-]=O)[Si](C)(C)C.C[Si](C)(C)N([C-]=O)[Si](C)(C)C.C[Si](C)(C)N([C-]=O)[Si](C)(C)C.[Ce+3]. The average molecular weight is 705 g/mol. The summed E-state index contributed by atoms with van der Waals surface area (Å²) in [5.41, 5.74) is 0. The van der Waals surface area contributed by atoms with Crippen LogP contribution in [0, 0.1) is 41.7 Å². The molecule has 0 aliphatic rings. The van der Waals surface area contributed by atoms with E-state index in [0.717, 1.165) is 0 Å². The van der Waals surface area contributed by atoms with Crippen molar-refractivity contribution in [3.8, 4) is 0 Å². The molecule has 0 fully saturated rings. The molecule has 6 nitrogen and oxygen atoms in total. The Labute approximate surface area is 252 Å². The molecule has 13 heteroatoms. The molecule has 0 bridgehead atoms. The van der Waals surface area contributed by atoms with Crippen LogP contribution in [-0.4, -0.2) is 81.3 Å². The van der Waals surface area contributed by atoms with Gasteiger partial charge in [0.2, 0.25) is 0 Å². The van der Waals surface area contributed by atoms with Crippen molar-refractivity contribution < 1.29 is 56.1 Å². The maximum absolute atomic E-state index is 10.7. The fourth-order valence-electron chi connectivity index (χ4n) is 3.84. The second-order valence-electron chi connectivity index (χ2n) is 14.3. The van der Waals surface area contributed by atoms with Gasteiger partial charge >= 0.3 is 41.7 Å². The summed E-state index contributed by atoms with van der Waals surface area (Å²) >= 11 is 0. The van der Waals surface area contributed by atoms with Crippen LogP contribution >= 0.6 is 0 Å². The number of hydrogen-bond acceptors (Lipinski definition) is 3. The minimum absolute atomic E-state index is 0. The number of amides is 3. The molecule has 0 aliphatic heterocycles. The molecule has 34 heavy (non-hydrogen) atoms. The van der Waals surface area contributed by atoms with Crippen LogP contribution < -0.4 is 0 Å². The Bertz CT molecular complexity index is 487. The number of rotatable bonds is 9. The second kappa shape index (κ2) is 15.5. The Balaban J connectivity index is -0.000000196. The zero-order valence-corrected chi connectivity index (χ0v) is 34.7. The molecule has 3 amide bonds. The minimum Gasteiger partial charge on any atom is -0.573 e. The third-order valence-corrected chi connectivity index (χ3v) is 25.0. The molecular weight excluding hydrogens is 651 g/mol. The molecule has 0 spiro atoms. The van der Waals surface area contributed by atoms with E-state index < -0.39 is 49.4 Å². The molecule has 0 aliphatic carbocycles. The van der Waals surface area contributed by atoms with Crippen molar-refractivity contribution in [1.82, 2.24) is 12.7 Å². The van der Waals surface area contributed by atoms with Gasteiger partial charge in [0.05, 0.1) is 0 Å². The quantitative estimate of drug-likeness (QED) is 0.166. The normalized spacial score (nSPS) is 12.5. The minimum atomic E-state index is -1.45. The Morgan fingerprint density at radius 1 is 0.324 bits per heavy atom. The summed E-state index contributed by atoms with van der Waals surface area (Å²) in [6.07, 6.45) is 6.27. The van der Waals surface area contributed by atoms with Crippen LogP contribution in [0.1, 0.15) is 0 Å². The smallest absolute Gasteiger partial charge is 0.573 e. The maximum Gasteiger partial charge on any atom is 3.00 e. The van der Waals surface area contributed by atoms with Gasteiger partial charge in [-0.05, 0) is 0 Å². The van der Waals surface area contributed by atoms with Crippen molar-refractivity contribution in [3.63, 3.8) is 0 Å². The molecule has 0 atom stereocenters. The fraction of sp³-hybridized carbons (Fsp3) is 0.857. The van der Waals surface area contributed by atoms with E-state index in [1.54, 1.807) is 0 Å². The van der Waals surface area contributed by atoms with Crippen LogP contribution in [0.3, 0.4) is 0 Å². The van der Waals surface area contributed by atoms with Gasteiger partial charge in [0, 0.05) is 0 Å². The molecule has 0 aromatic rings. The van der Waals surface area contributed by atoms with Crippen molar-refractivity contribution in [1.29, 1.82) is 0 Å². The average Bonchev–Trinajstić information content (AvgIpc) is 2.40. The Morgan fingerprint density at radius 2 is 0.412 bits per heavy atom. The molecule has 0 unspecified atom stereocenters. The van der Waals surface area contributed by atoms with E-state index in [1.165, 1.54) is 0 Å². The third kappa shape index (κ3) is 18.4. The molecule has 0 aromatic carbocycles. The molecule has 0 aromatic heterocycles. The zero-order chi connectivity index (χ0) is 27.9. The molecular formula is C21H54CeN3O3Si6. The molecule has 0 rings (SSSR count). The van der Waals surface area contributed by atoms with Crippen LogP contribution in [0.4, 0.5) is 0 Å². The molecule has 0 saturated carbocycles. The Kier molecular flexibility index (Phi) is 19.2. The van der Waals surface area contributed by atoms with E-state index in [1.807, 2.05) is 12.7 Å². The topological polar surface area (TPSA) is 60.9 Å². The first-order valence-electron chi connectivity index (χ1n) is 11.6. The summed E-state index contributed by atoms with van der Waals surface area (Å²) < 4.78 is 5.92. The van der Waals surface area contributed by atoms with E-state index in [-0.39, 0.29) is 41.7 Å². The number of carbonyl (C=O) groups excluding carboxylic acids is 3. The molecule has 0 N–H and O–H groups in total. The summed E-state index contributed by atoms with van der Waals surface area (Å²) in [5, 5.41) is 0. The summed E-state index contributed by atoms with van der Waals surface area (Å²) in [5.74, 6) is 0. The third-order valence-electron chi connectivity index (χ3n) is 4.30. The van der Waals surface area contributed by atoms with E-state index >= 15 is 0 Å². The Morgan fingerprint density at radius 3 is 0.412 bits per heavy atom. The van der Waals surface area contributed by atoms with E-state index in [0.29, 0.717) is 0 Å². The summed E-state index contributed by atoms with van der Waals surface area (Å²) in [4.78, 5) is 32.0. The van der Waals surface area contributed by atoms with Crippen molar-refractivity contribution in [3.05, 3.63) is 0 Å². The van der Waals surface area contributed by atoms with E-state index in [4.69, 9.17) is 0 Å². The van der Waals surface area contributed by atoms with Crippen LogP contribution in [0.15, 0.2) is 0 Å². The van der Waals surface area contributed by atoms with Gasteiger partial charge in [-0.3, -0.25) is 0 Å². The predicted molar refractivity (Wildman–Crippen MR) is 163 cm³/mol. The zero-order valence-electron chi connectivity index (χ0n) is 25.6. The Hall–Kier alpha value is 1.09. The van der Waals surface area contributed by atoms with Gasteiger partial charge in [-0.2, -0.15) is 19.2 Å². The monoisotopic (exact) mass is 704 g/mol. The van der Waals surface area contributed by atoms with Gasteiger partial charge in [0.15, 0.2) is 0 Å². The van der Waals surface area contributed by atoms with Crippen molar-refractivity contribution in [2.45, 2.75) is 118 Å². The predicted octanol–water partition coefficient (Wildman–Crippen LogP) is 6.08. The van der Waals surface area contributed by atoms with E-state index in [2.05, 4.69) is 137 Å². The van der Waals surface area contributed by atoms with Crippen LogP contribution in [-0.2, 0) is 14.4 Å². The largest absolute Gasteiger partial charge is 3.00 e. The first-order valence-corrected chi connectivity index (χ1v) is 32.3. The summed E-state index contributed by atoms with van der Waals surface area (Å²) in [6, 6.07) is 0. The molecule has 0 saturated heterocycles. The van der Waals surface area contributed by atoms with Gasteiger partial charge < -0.3 is 27.1 Å². The summed E-state index contributed by atoms with van der Waals surface area (Å²) in [7, 11) is -8.70. The molecule has 199 valence electrons. The van der Waals surface area contributed by atoms with Gasteiger partial charge in [0.25, 0.3) is 0 Å². The van der Waals surface area contributed by atoms with E-state index in [9.17, 15) is 14.4 Å². The first kappa shape index (κ1) is 42.2. The second-order valence-corrected chi connectivity index (χ2v) is 44.4. The number of hydrogen-bond donors (Lipinski definition) is 0. The molecule has 0 heterocycles. The van der Waals surface area contributed by atoms with Crippen molar-refractivity contribution >= 4 is 68.6 Å². The standard InChI is InChI=1S/3C7H18NOSi2.Ce/c3*1-10(2,3)8(7-9)11(4,5)6;/h3*1-6H3;/q3*-1;+3. The van der Waals surface area contributed by atoms with Crippen LogP contribution in [0.5, 0.6) is 0 Å². The van der Waals surface area contributed by atoms with Gasteiger partial charge in [-0.15, -0.1) is 0 Å². The van der Waals surface area contributed by atoms with Gasteiger partial charge in [0.1, 0.15) is 49.4 Å². The van der Waals surface area contributed by atoms with Crippen molar-refractivity contribution in [2.24, 2.45) is 0 Å². The number of nitrogens with zero attached hydrogens (tertiary/aromatic N) is 3. The maximum atomic E-state index is 10.7. The van der Waals surface area contributed by atoms with Gasteiger partial charge in [-0.25, -0.2) is 0 Å². The van der Waals surface area contributed by atoms with Crippen molar-refractivity contribution in [2.75, 3.05) is 0 Å². The fourth-order valence-corrected chi connectivity index (χ4v) is 29.6. The summed E-state index contributed by atoms with van der Waals surface area (Å²) in [6.45, 7) is 39.2. The molecule has 1 radical (unpaired) electrons. The van der Waals surface area contributed by atoms with Crippen LogP contribution in [0.25, 0.3) is 0 Å². The van der Waals surface area contributed by atoms with Gasteiger partial charge in [-0.1, -0.05) is 118 Å². The van der Waals surface area contributed by atoms with Crippen LogP contribution in [0.2, 0.25) is 118 Å².